The lowest BCUT2D eigenvalue weighted by atomic mass is 10.3. The fraction of sp³-hybridized carbons (Fsp3) is 0.500. The quantitative estimate of drug-likeness (QED) is 0.596. The smallest absolute Gasteiger partial charge is 0.244 e. The third-order valence-corrected chi connectivity index (χ3v) is 4.35. The Kier molecular flexibility index (Phi) is 5.59. The SMILES string of the molecule is CCOCCOc1cccc(S(=O)(=O)N(C)C)c1N. The second kappa shape index (κ2) is 6.74. The van der Waals surface area contributed by atoms with Crippen LogP contribution in [0.1, 0.15) is 6.92 Å². The average Bonchev–Trinajstić information content (AvgIpc) is 2.36. The van der Waals surface area contributed by atoms with Gasteiger partial charge in [0.05, 0.1) is 12.3 Å². The lowest BCUT2D eigenvalue weighted by Crippen LogP contribution is -2.23. The van der Waals surface area contributed by atoms with Crippen molar-refractivity contribution < 1.29 is 17.9 Å². The molecule has 0 radical (unpaired) electrons. The Balaban J connectivity index is 2.93. The lowest BCUT2D eigenvalue weighted by molar-refractivity contribution is 0.110. The predicted octanol–water partition coefficient (Wildman–Crippen LogP) is 0.934. The van der Waals surface area contributed by atoms with Crippen molar-refractivity contribution in [3.05, 3.63) is 18.2 Å². The molecule has 2 N–H and O–H groups in total. The number of hydrogen-bond acceptors (Lipinski definition) is 5. The van der Waals surface area contributed by atoms with Crippen molar-refractivity contribution in [2.45, 2.75) is 11.8 Å². The maximum absolute atomic E-state index is 12.0. The molecule has 0 amide bonds. The summed E-state index contributed by atoms with van der Waals surface area (Å²) >= 11 is 0. The zero-order chi connectivity index (χ0) is 14.5. The molecule has 0 atom stereocenters. The molecule has 0 aliphatic carbocycles. The molecule has 1 aromatic carbocycles. The Labute approximate surface area is 114 Å². The number of ether oxygens (including phenoxy) is 2. The van der Waals surface area contributed by atoms with Crippen molar-refractivity contribution in [1.82, 2.24) is 4.31 Å². The summed E-state index contributed by atoms with van der Waals surface area (Å²) in [6.45, 7) is 3.25. The number of para-hydroxylation sites is 1. The minimum atomic E-state index is -3.57. The van der Waals surface area contributed by atoms with Gasteiger partial charge in [0.15, 0.2) is 0 Å². The van der Waals surface area contributed by atoms with Gasteiger partial charge in [-0.25, -0.2) is 12.7 Å². The van der Waals surface area contributed by atoms with Crippen LogP contribution in [0.5, 0.6) is 5.75 Å². The van der Waals surface area contributed by atoms with Gasteiger partial charge < -0.3 is 15.2 Å². The van der Waals surface area contributed by atoms with E-state index in [1.807, 2.05) is 6.92 Å². The molecule has 1 aromatic rings. The summed E-state index contributed by atoms with van der Waals surface area (Å²) in [5.74, 6) is 0.350. The van der Waals surface area contributed by atoms with Crippen LogP contribution >= 0.6 is 0 Å². The summed E-state index contributed by atoms with van der Waals surface area (Å²) < 4.78 is 35.8. The molecule has 0 saturated heterocycles. The molecular formula is C12H20N2O4S. The van der Waals surface area contributed by atoms with Gasteiger partial charge in [-0.05, 0) is 19.1 Å². The van der Waals surface area contributed by atoms with E-state index in [-0.39, 0.29) is 10.6 Å². The molecule has 19 heavy (non-hydrogen) atoms. The highest BCUT2D eigenvalue weighted by molar-refractivity contribution is 7.89. The molecule has 108 valence electrons. The van der Waals surface area contributed by atoms with Crippen LogP contribution in [0, 0.1) is 0 Å². The Bertz CT molecular complexity index is 514. The Morgan fingerprint density at radius 2 is 1.95 bits per heavy atom. The van der Waals surface area contributed by atoms with Crippen LogP contribution in [0.2, 0.25) is 0 Å². The molecule has 0 fully saturated rings. The fourth-order valence-electron chi connectivity index (χ4n) is 1.43. The lowest BCUT2D eigenvalue weighted by Gasteiger charge is -2.15. The van der Waals surface area contributed by atoms with E-state index in [0.29, 0.717) is 25.6 Å². The third kappa shape index (κ3) is 3.82. The first-order chi connectivity index (χ1) is 8.91. The van der Waals surface area contributed by atoms with Crippen molar-refractivity contribution in [2.75, 3.05) is 39.6 Å². The molecule has 0 spiro atoms. The summed E-state index contributed by atoms with van der Waals surface area (Å²) in [6, 6.07) is 4.69. The van der Waals surface area contributed by atoms with Crippen molar-refractivity contribution in [2.24, 2.45) is 0 Å². The van der Waals surface area contributed by atoms with Crippen LogP contribution in [0.15, 0.2) is 23.1 Å². The minimum Gasteiger partial charge on any atom is -0.489 e. The van der Waals surface area contributed by atoms with Gasteiger partial charge in [-0.3, -0.25) is 0 Å². The van der Waals surface area contributed by atoms with Gasteiger partial charge in [-0.1, -0.05) is 6.07 Å². The fourth-order valence-corrected chi connectivity index (χ4v) is 2.45. The number of nitrogens with two attached hydrogens (primary N) is 1. The van der Waals surface area contributed by atoms with Crippen LogP contribution < -0.4 is 10.5 Å². The summed E-state index contributed by atoms with van der Waals surface area (Å²) in [6.07, 6.45) is 0. The van der Waals surface area contributed by atoms with Crippen molar-refractivity contribution in [1.29, 1.82) is 0 Å². The number of nitrogen functional groups attached to an aromatic ring is 1. The van der Waals surface area contributed by atoms with Gasteiger partial charge >= 0.3 is 0 Å². The Morgan fingerprint density at radius 1 is 1.26 bits per heavy atom. The number of benzene rings is 1. The topological polar surface area (TPSA) is 81.9 Å². The maximum atomic E-state index is 12.0. The number of hydrogen-bond donors (Lipinski definition) is 1. The number of nitrogens with zero attached hydrogens (tertiary/aromatic N) is 1. The van der Waals surface area contributed by atoms with E-state index in [2.05, 4.69) is 0 Å². The second-order valence-corrected chi connectivity index (χ2v) is 6.12. The van der Waals surface area contributed by atoms with Crippen LogP contribution in [-0.4, -0.2) is 46.6 Å². The zero-order valence-corrected chi connectivity index (χ0v) is 12.2. The normalized spacial score (nSPS) is 11.8. The van der Waals surface area contributed by atoms with Gasteiger partial charge in [-0.15, -0.1) is 0 Å². The first-order valence-electron chi connectivity index (χ1n) is 5.92. The first kappa shape index (κ1) is 15.7. The molecule has 6 nitrogen and oxygen atoms in total. The summed E-state index contributed by atoms with van der Waals surface area (Å²) in [4.78, 5) is 0.0476. The molecule has 0 bridgehead atoms. The Hall–Kier alpha value is -1.31. The van der Waals surface area contributed by atoms with Crippen molar-refractivity contribution in [3.8, 4) is 5.75 Å². The highest BCUT2D eigenvalue weighted by Gasteiger charge is 2.22. The highest BCUT2D eigenvalue weighted by atomic mass is 32.2. The van der Waals surface area contributed by atoms with E-state index in [9.17, 15) is 8.42 Å². The van der Waals surface area contributed by atoms with E-state index in [1.165, 1.54) is 20.2 Å². The second-order valence-electron chi connectivity index (χ2n) is 4.00. The number of sulfonamides is 1. The molecule has 0 aromatic heterocycles. The van der Waals surface area contributed by atoms with Crippen LogP contribution in [0.25, 0.3) is 0 Å². The van der Waals surface area contributed by atoms with Gasteiger partial charge in [0.25, 0.3) is 0 Å². The van der Waals surface area contributed by atoms with Crippen LogP contribution in [0.3, 0.4) is 0 Å². The maximum Gasteiger partial charge on any atom is 0.244 e. The summed E-state index contributed by atoms with van der Waals surface area (Å²) in [5.41, 5.74) is 5.97. The van der Waals surface area contributed by atoms with Crippen LogP contribution in [0.4, 0.5) is 5.69 Å². The number of anilines is 1. The molecule has 1 rings (SSSR count). The van der Waals surface area contributed by atoms with E-state index in [4.69, 9.17) is 15.2 Å². The van der Waals surface area contributed by atoms with Crippen molar-refractivity contribution in [3.63, 3.8) is 0 Å². The van der Waals surface area contributed by atoms with E-state index >= 15 is 0 Å². The molecule has 0 aliphatic heterocycles. The molecule has 0 unspecified atom stereocenters. The first-order valence-corrected chi connectivity index (χ1v) is 7.36. The standard InChI is InChI=1S/C12H20N2O4S/c1-4-17-8-9-18-10-6-5-7-11(12(10)13)19(15,16)14(2)3/h5-7H,4,8-9,13H2,1-3H3. The van der Waals surface area contributed by atoms with Crippen molar-refractivity contribution >= 4 is 15.7 Å². The number of rotatable bonds is 7. The van der Waals surface area contributed by atoms with E-state index < -0.39 is 10.0 Å². The zero-order valence-electron chi connectivity index (χ0n) is 11.4. The van der Waals surface area contributed by atoms with Gasteiger partial charge in [0.1, 0.15) is 17.3 Å². The largest absolute Gasteiger partial charge is 0.489 e. The Morgan fingerprint density at radius 3 is 2.53 bits per heavy atom. The minimum absolute atomic E-state index is 0.0476. The highest BCUT2D eigenvalue weighted by Crippen LogP contribution is 2.29. The molecule has 0 heterocycles. The van der Waals surface area contributed by atoms with Gasteiger partial charge in [0.2, 0.25) is 10.0 Å². The van der Waals surface area contributed by atoms with Gasteiger partial charge in [-0.2, -0.15) is 0 Å². The molecule has 0 aliphatic rings. The van der Waals surface area contributed by atoms with E-state index in [0.717, 1.165) is 4.31 Å². The molecule has 7 heteroatoms. The third-order valence-electron chi connectivity index (χ3n) is 2.47. The summed E-state index contributed by atoms with van der Waals surface area (Å²) in [5, 5.41) is 0. The van der Waals surface area contributed by atoms with E-state index in [1.54, 1.807) is 12.1 Å². The monoisotopic (exact) mass is 288 g/mol. The molecule has 0 saturated carbocycles. The summed E-state index contributed by atoms with van der Waals surface area (Å²) in [7, 11) is -0.657. The molecular weight excluding hydrogens is 268 g/mol. The van der Waals surface area contributed by atoms with Crippen LogP contribution in [-0.2, 0) is 14.8 Å². The average molecular weight is 288 g/mol. The van der Waals surface area contributed by atoms with Gasteiger partial charge in [0, 0.05) is 20.7 Å². The predicted molar refractivity (Wildman–Crippen MR) is 73.7 cm³/mol.